The average molecular weight is 358 g/mol. The molecule has 0 amide bonds. The van der Waals surface area contributed by atoms with Gasteiger partial charge in [0.2, 0.25) is 0 Å². The van der Waals surface area contributed by atoms with Crippen LogP contribution in [-0.2, 0) is 0 Å². The van der Waals surface area contributed by atoms with Gasteiger partial charge in [0, 0.05) is 28.3 Å². The van der Waals surface area contributed by atoms with Crippen molar-refractivity contribution in [1.82, 2.24) is 0 Å². The summed E-state index contributed by atoms with van der Waals surface area (Å²) < 4.78 is 13.2. The van der Waals surface area contributed by atoms with Crippen molar-refractivity contribution >= 4 is 5.78 Å². The first-order valence-corrected chi connectivity index (χ1v) is 7.99. The van der Waals surface area contributed by atoms with Crippen LogP contribution in [0.4, 0.5) is 4.39 Å². The highest BCUT2D eigenvalue weighted by Crippen LogP contribution is 2.48. The van der Waals surface area contributed by atoms with Gasteiger partial charge < -0.3 is 0 Å². The second-order valence-electron chi connectivity index (χ2n) is 6.35. The molecule has 0 aromatic heterocycles. The average Bonchev–Trinajstić information content (AvgIpc) is 3.41. The summed E-state index contributed by atoms with van der Waals surface area (Å²) in [5, 5.41) is 23.3. The number of benzene rings is 2. The molecule has 0 unspecified atom stereocenters. The lowest BCUT2D eigenvalue weighted by Crippen LogP contribution is -2.48. The second-order valence-corrected chi connectivity index (χ2v) is 6.35. The molecule has 0 bridgehead atoms. The van der Waals surface area contributed by atoms with E-state index in [4.69, 9.17) is 0 Å². The van der Waals surface area contributed by atoms with Gasteiger partial charge >= 0.3 is 0 Å². The fraction of sp³-hybridized carbons (Fsp3) is 0.278. The molecular formula is C18H15FN2O5. The minimum atomic E-state index is -1.75. The Bertz CT molecular complexity index is 850. The third kappa shape index (κ3) is 3.05. The Morgan fingerprint density at radius 1 is 1.00 bits per heavy atom. The van der Waals surface area contributed by atoms with Gasteiger partial charge in [-0.3, -0.25) is 25.0 Å². The number of hydrogen-bond acceptors (Lipinski definition) is 5. The maximum Gasteiger partial charge on any atom is 0.295 e. The van der Waals surface area contributed by atoms with E-state index in [-0.39, 0.29) is 18.4 Å². The lowest BCUT2D eigenvalue weighted by atomic mass is 9.80. The number of nitro groups is 2. The van der Waals surface area contributed by atoms with Crippen LogP contribution < -0.4 is 0 Å². The highest BCUT2D eigenvalue weighted by atomic mass is 19.1. The van der Waals surface area contributed by atoms with Gasteiger partial charge in [0.05, 0.1) is 0 Å². The van der Waals surface area contributed by atoms with Crippen LogP contribution in [-0.4, -0.2) is 27.2 Å². The van der Waals surface area contributed by atoms with Crippen LogP contribution in [0.5, 0.6) is 0 Å². The van der Waals surface area contributed by atoms with Gasteiger partial charge in [-0.05, 0) is 29.8 Å². The Hall–Kier alpha value is -3.16. The van der Waals surface area contributed by atoms with E-state index in [1.807, 2.05) is 0 Å². The predicted molar refractivity (Wildman–Crippen MR) is 89.7 cm³/mol. The van der Waals surface area contributed by atoms with Crippen molar-refractivity contribution in [3.05, 3.63) is 91.8 Å². The molecule has 26 heavy (non-hydrogen) atoms. The molecule has 0 aliphatic heterocycles. The van der Waals surface area contributed by atoms with E-state index in [9.17, 15) is 29.4 Å². The topological polar surface area (TPSA) is 103 Å². The second kappa shape index (κ2) is 6.62. The summed E-state index contributed by atoms with van der Waals surface area (Å²) in [6.45, 7) is 0. The molecule has 7 nitrogen and oxygen atoms in total. The van der Waals surface area contributed by atoms with E-state index in [2.05, 4.69) is 0 Å². The maximum absolute atomic E-state index is 13.2. The lowest BCUT2D eigenvalue weighted by Gasteiger charge is -2.22. The highest BCUT2D eigenvalue weighted by molar-refractivity contribution is 6.01. The van der Waals surface area contributed by atoms with Crippen LogP contribution in [0.1, 0.15) is 34.7 Å². The molecule has 8 heteroatoms. The summed E-state index contributed by atoms with van der Waals surface area (Å²) in [6, 6.07) is 10.9. The minimum absolute atomic E-state index is 0.0473. The lowest BCUT2D eigenvalue weighted by molar-refractivity contribution is -0.631. The summed E-state index contributed by atoms with van der Waals surface area (Å²) in [4.78, 5) is 35.0. The van der Waals surface area contributed by atoms with Crippen LogP contribution in [0, 0.1) is 26.0 Å². The van der Waals surface area contributed by atoms with E-state index >= 15 is 0 Å². The van der Waals surface area contributed by atoms with E-state index < -0.39 is 38.9 Å². The summed E-state index contributed by atoms with van der Waals surface area (Å²) >= 11 is 0. The summed E-state index contributed by atoms with van der Waals surface area (Å²) in [7, 11) is 0. The van der Waals surface area contributed by atoms with Crippen LogP contribution in [0.2, 0.25) is 0 Å². The molecule has 0 saturated heterocycles. The van der Waals surface area contributed by atoms with Gasteiger partial charge in [0.25, 0.3) is 11.6 Å². The standard InChI is InChI=1S/C18H15FN2O5/c19-14-8-6-13(7-9-14)16(22)15(12-4-2-1-3-5-12)17(20(23)24)18(10-11-18)21(25)26/h1-9,15,17H,10-11H2/t15-,17-/m0/s1. The van der Waals surface area contributed by atoms with Gasteiger partial charge in [-0.15, -0.1) is 0 Å². The van der Waals surface area contributed by atoms with Gasteiger partial charge in [-0.1, -0.05) is 30.3 Å². The van der Waals surface area contributed by atoms with Crippen LogP contribution >= 0.6 is 0 Å². The number of nitrogens with zero attached hydrogens (tertiary/aromatic N) is 2. The fourth-order valence-corrected chi connectivity index (χ4v) is 3.27. The van der Waals surface area contributed by atoms with Crippen molar-refractivity contribution in [3.8, 4) is 0 Å². The largest absolute Gasteiger partial charge is 0.295 e. The zero-order chi connectivity index (χ0) is 18.9. The molecule has 1 aliphatic carbocycles. The minimum Gasteiger partial charge on any atom is -0.293 e. The molecule has 2 aromatic rings. The monoisotopic (exact) mass is 358 g/mol. The Labute approximate surface area is 147 Å². The number of rotatable bonds is 7. The number of Topliss-reactive ketones (excluding diaryl/α,β-unsaturated/α-hetero) is 1. The molecule has 134 valence electrons. The highest BCUT2D eigenvalue weighted by Gasteiger charge is 2.71. The SMILES string of the molecule is O=C(c1ccc(F)cc1)[C@H](c1ccccc1)[C@H]([N+](=O)[O-])C1([N+](=O)[O-])CC1. The van der Waals surface area contributed by atoms with E-state index in [0.29, 0.717) is 5.56 Å². The van der Waals surface area contributed by atoms with E-state index in [0.717, 1.165) is 12.1 Å². The molecule has 0 heterocycles. The molecule has 0 N–H and O–H groups in total. The molecule has 2 atom stereocenters. The third-order valence-electron chi connectivity index (χ3n) is 4.79. The van der Waals surface area contributed by atoms with Crippen LogP contribution in [0.25, 0.3) is 0 Å². The fourth-order valence-electron chi connectivity index (χ4n) is 3.27. The summed E-state index contributed by atoms with van der Waals surface area (Å²) in [5.41, 5.74) is -1.34. The molecular weight excluding hydrogens is 343 g/mol. The molecule has 3 rings (SSSR count). The normalized spacial score (nSPS) is 17.1. The van der Waals surface area contributed by atoms with Crippen molar-refractivity contribution in [2.45, 2.75) is 30.3 Å². The Morgan fingerprint density at radius 2 is 1.58 bits per heavy atom. The third-order valence-corrected chi connectivity index (χ3v) is 4.79. The van der Waals surface area contributed by atoms with Crippen LogP contribution in [0.15, 0.2) is 54.6 Å². The zero-order valence-corrected chi connectivity index (χ0v) is 13.6. The quantitative estimate of drug-likeness (QED) is 0.429. The Kier molecular flexibility index (Phi) is 4.50. The molecule has 1 fully saturated rings. The number of carbonyl (C=O) groups is 1. The molecule has 0 radical (unpaired) electrons. The number of ketones is 1. The van der Waals surface area contributed by atoms with Crippen molar-refractivity contribution in [2.24, 2.45) is 0 Å². The van der Waals surface area contributed by atoms with Gasteiger partial charge in [0.1, 0.15) is 11.7 Å². The smallest absolute Gasteiger partial charge is 0.293 e. The summed E-state index contributed by atoms with van der Waals surface area (Å²) in [6.07, 6.45) is 0.0946. The zero-order valence-electron chi connectivity index (χ0n) is 13.6. The number of hydrogen-bond donors (Lipinski definition) is 0. The van der Waals surface area contributed by atoms with Gasteiger partial charge in [-0.25, -0.2) is 4.39 Å². The van der Waals surface area contributed by atoms with Crippen molar-refractivity contribution < 1.29 is 19.0 Å². The van der Waals surface area contributed by atoms with Gasteiger partial charge in [0.15, 0.2) is 5.78 Å². The van der Waals surface area contributed by atoms with Crippen molar-refractivity contribution in [1.29, 1.82) is 0 Å². The molecule has 1 aliphatic rings. The van der Waals surface area contributed by atoms with E-state index in [1.165, 1.54) is 12.1 Å². The first kappa shape index (κ1) is 17.7. The predicted octanol–water partition coefficient (Wildman–Crippen LogP) is 3.25. The maximum atomic E-state index is 13.2. The Balaban J connectivity index is 2.11. The van der Waals surface area contributed by atoms with Gasteiger partial charge in [-0.2, -0.15) is 0 Å². The molecule has 0 spiro atoms. The van der Waals surface area contributed by atoms with E-state index in [1.54, 1.807) is 30.3 Å². The number of carbonyl (C=O) groups excluding carboxylic acids is 1. The number of halogens is 1. The Morgan fingerprint density at radius 3 is 2.04 bits per heavy atom. The molecule has 1 saturated carbocycles. The first-order chi connectivity index (χ1) is 12.4. The first-order valence-electron chi connectivity index (χ1n) is 7.99. The van der Waals surface area contributed by atoms with Crippen molar-refractivity contribution in [2.75, 3.05) is 0 Å². The van der Waals surface area contributed by atoms with Crippen molar-refractivity contribution in [3.63, 3.8) is 0 Å². The molecule has 2 aromatic carbocycles. The van der Waals surface area contributed by atoms with Crippen LogP contribution in [0.3, 0.4) is 0 Å². The summed E-state index contributed by atoms with van der Waals surface area (Å²) in [5.74, 6) is -2.51.